The Morgan fingerprint density at radius 1 is 1.16 bits per heavy atom. The van der Waals surface area contributed by atoms with E-state index >= 15 is 0 Å². The minimum Gasteiger partial charge on any atom is -0.395 e. The normalized spacial score (nSPS) is 11.8. The van der Waals surface area contributed by atoms with Crippen molar-refractivity contribution in [1.82, 2.24) is 4.31 Å². The van der Waals surface area contributed by atoms with Gasteiger partial charge in [0.2, 0.25) is 10.0 Å². The number of para-hydroxylation sites is 1. The lowest BCUT2D eigenvalue weighted by molar-refractivity contribution is 0.217. The Kier molecular flexibility index (Phi) is 6.23. The van der Waals surface area contributed by atoms with E-state index in [9.17, 15) is 8.42 Å². The minimum atomic E-state index is -3.73. The Balaban J connectivity index is 3.16. The van der Waals surface area contributed by atoms with Gasteiger partial charge in [-0.15, -0.1) is 0 Å². The van der Waals surface area contributed by atoms with Gasteiger partial charge in [0.15, 0.2) is 0 Å². The fourth-order valence-corrected chi connectivity index (χ4v) is 3.33. The molecule has 1 rings (SSSR count). The van der Waals surface area contributed by atoms with Gasteiger partial charge >= 0.3 is 0 Å². The van der Waals surface area contributed by atoms with Crippen molar-refractivity contribution in [2.75, 3.05) is 38.2 Å². The van der Waals surface area contributed by atoms with Gasteiger partial charge in [0, 0.05) is 19.6 Å². The Bertz CT molecular complexity index is 484. The Hall–Kier alpha value is -1.15. The number of sulfonamides is 1. The molecule has 0 saturated carbocycles. The van der Waals surface area contributed by atoms with Gasteiger partial charge in [0.25, 0.3) is 0 Å². The van der Waals surface area contributed by atoms with E-state index in [4.69, 9.17) is 10.2 Å². The van der Waals surface area contributed by atoms with Gasteiger partial charge in [-0.05, 0) is 19.1 Å². The lowest BCUT2D eigenvalue weighted by Crippen LogP contribution is -2.36. The van der Waals surface area contributed by atoms with Gasteiger partial charge < -0.3 is 15.5 Å². The average molecular weight is 288 g/mol. The molecule has 19 heavy (non-hydrogen) atoms. The molecule has 7 heteroatoms. The van der Waals surface area contributed by atoms with Crippen LogP contribution in [0.15, 0.2) is 29.2 Å². The zero-order chi connectivity index (χ0) is 14.3. The molecule has 0 aromatic heterocycles. The van der Waals surface area contributed by atoms with Gasteiger partial charge in [0.1, 0.15) is 4.90 Å². The van der Waals surface area contributed by atoms with E-state index in [1.807, 2.05) is 6.92 Å². The van der Waals surface area contributed by atoms with Crippen LogP contribution in [0.2, 0.25) is 0 Å². The van der Waals surface area contributed by atoms with Crippen LogP contribution < -0.4 is 5.32 Å². The smallest absolute Gasteiger partial charge is 0.245 e. The number of hydrogen-bond donors (Lipinski definition) is 3. The van der Waals surface area contributed by atoms with E-state index in [0.717, 1.165) is 4.31 Å². The first kappa shape index (κ1) is 15.9. The molecule has 6 nitrogen and oxygen atoms in total. The summed E-state index contributed by atoms with van der Waals surface area (Å²) < 4.78 is 26.0. The van der Waals surface area contributed by atoms with Gasteiger partial charge in [-0.2, -0.15) is 4.31 Å². The summed E-state index contributed by atoms with van der Waals surface area (Å²) in [7, 11) is -3.73. The number of aliphatic hydroxyl groups is 2. The highest BCUT2D eigenvalue weighted by molar-refractivity contribution is 7.89. The first-order chi connectivity index (χ1) is 9.07. The molecule has 3 N–H and O–H groups in total. The van der Waals surface area contributed by atoms with E-state index in [0.29, 0.717) is 12.2 Å². The molecule has 0 aliphatic rings. The van der Waals surface area contributed by atoms with E-state index in [1.165, 1.54) is 6.07 Å². The molecule has 0 unspecified atom stereocenters. The zero-order valence-electron chi connectivity index (χ0n) is 10.9. The highest BCUT2D eigenvalue weighted by Gasteiger charge is 2.25. The maximum Gasteiger partial charge on any atom is 0.245 e. The Morgan fingerprint density at radius 3 is 2.26 bits per heavy atom. The van der Waals surface area contributed by atoms with Crippen LogP contribution in [-0.4, -0.2) is 55.8 Å². The van der Waals surface area contributed by atoms with Crippen LogP contribution in [0, 0.1) is 0 Å². The number of rotatable bonds is 8. The third-order valence-electron chi connectivity index (χ3n) is 2.57. The molecule has 0 aliphatic carbocycles. The lowest BCUT2D eigenvalue weighted by atomic mass is 10.3. The fourth-order valence-electron chi connectivity index (χ4n) is 1.74. The molecule has 1 aromatic carbocycles. The molecule has 0 fully saturated rings. The van der Waals surface area contributed by atoms with Crippen molar-refractivity contribution in [3.05, 3.63) is 24.3 Å². The first-order valence-electron chi connectivity index (χ1n) is 6.12. The molecule has 0 amide bonds. The highest BCUT2D eigenvalue weighted by atomic mass is 32.2. The molecule has 0 spiro atoms. The van der Waals surface area contributed by atoms with Gasteiger partial charge in [-0.25, -0.2) is 8.42 Å². The van der Waals surface area contributed by atoms with E-state index in [1.54, 1.807) is 18.2 Å². The SMILES string of the molecule is CCNc1ccccc1S(=O)(=O)N(CCO)CCO. The molecule has 0 radical (unpaired) electrons. The third-order valence-corrected chi connectivity index (χ3v) is 4.53. The first-order valence-corrected chi connectivity index (χ1v) is 7.56. The summed E-state index contributed by atoms with van der Waals surface area (Å²) in [6.45, 7) is 1.83. The maximum absolute atomic E-state index is 12.5. The average Bonchev–Trinajstić information content (AvgIpc) is 2.39. The van der Waals surface area contributed by atoms with E-state index in [-0.39, 0.29) is 31.2 Å². The van der Waals surface area contributed by atoms with Crippen molar-refractivity contribution in [3.8, 4) is 0 Å². The number of aliphatic hydroxyl groups excluding tert-OH is 2. The van der Waals surface area contributed by atoms with Crippen LogP contribution >= 0.6 is 0 Å². The topological polar surface area (TPSA) is 89.9 Å². The minimum absolute atomic E-state index is 0.0383. The van der Waals surface area contributed by atoms with Crippen LogP contribution in [0.25, 0.3) is 0 Å². The predicted octanol–water partition coefficient (Wildman–Crippen LogP) is 0.0937. The molecule has 108 valence electrons. The Labute approximate surface area is 113 Å². The number of benzene rings is 1. The largest absolute Gasteiger partial charge is 0.395 e. The highest BCUT2D eigenvalue weighted by Crippen LogP contribution is 2.24. The van der Waals surface area contributed by atoms with E-state index in [2.05, 4.69) is 5.32 Å². The summed E-state index contributed by atoms with van der Waals surface area (Å²) >= 11 is 0. The summed E-state index contributed by atoms with van der Waals surface area (Å²) in [5, 5.41) is 20.9. The molecule has 0 bridgehead atoms. The molecule has 0 saturated heterocycles. The van der Waals surface area contributed by atoms with Crippen molar-refractivity contribution >= 4 is 15.7 Å². The zero-order valence-corrected chi connectivity index (χ0v) is 11.7. The molecule has 1 aromatic rings. The molecular weight excluding hydrogens is 268 g/mol. The second-order valence-electron chi connectivity index (χ2n) is 3.88. The van der Waals surface area contributed by atoms with Crippen LogP contribution in [0.3, 0.4) is 0 Å². The van der Waals surface area contributed by atoms with Crippen molar-refractivity contribution in [2.24, 2.45) is 0 Å². The predicted molar refractivity (Wildman–Crippen MR) is 73.5 cm³/mol. The Morgan fingerprint density at radius 2 is 1.74 bits per heavy atom. The van der Waals surface area contributed by atoms with Crippen molar-refractivity contribution in [1.29, 1.82) is 0 Å². The number of nitrogens with zero attached hydrogens (tertiary/aromatic N) is 1. The van der Waals surface area contributed by atoms with Crippen molar-refractivity contribution in [2.45, 2.75) is 11.8 Å². The molecule has 0 heterocycles. The fraction of sp³-hybridized carbons (Fsp3) is 0.500. The summed E-state index contributed by atoms with van der Waals surface area (Å²) in [5.41, 5.74) is 0.519. The third kappa shape index (κ3) is 3.90. The van der Waals surface area contributed by atoms with Gasteiger partial charge in [-0.3, -0.25) is 0 Å². The van der Waals surface area contributed by atoms with E-state index < -0.39 is 10.0 Å². The van der Waals surface area contributed by atoms with Crippen molar-refractivity contribution < 1.29 is 18.6 Å². The maximum atomic E-state index is 12.5. The molecular formula is C12H20N2O4S. The second kappa shape index (κ2) is 7.44. The summed E-state index contributed by atoms with van der Waals surface area (Å²) in [6, 6.07) is 6.59. The quantitative estimate of drug-likeness (QED) is 0.631. The van der Waals surface area contributed by atoms with Crippen LogP contribution in [0.5, 0.6) is 0 Å². The van der Waals surface area contributed by atoms with Crippen molar-refractivity contribution in [3.63, 3.8) is 0 Å². The molecule has 0 aliphatic heterocycles. The molecule has 0 atom stereocenters. The summed E-state index contributed by atoms with van der Waals surface area (Å²) in [4.78, 5) is 0.152. The monoisotopic (exact) mass is 288 g/mol. The second-order valence-corrected chi connectivity index (χ2v) is 5.78. The van der Waals surface area contributed by atoms with Crippen LogP contribution in [0.4, 0.5) is 5.69 Å². The standard InChI is InChI=1S/C12H20N2O4S/c1-2-13-11-5-3-4-6-12(11)19(17,18)14(7-9-15)8-10-16/h3-6,13,15-16H,2,7-10H2,1H3. The van der Waals surface area contributed by atoms with Gasteiger partial charge in [0.05, 0.1) is 18.9 Å². The van der Waals surface area contributed by atoms with Crippen LogP contribution in [-0.2, 0) is 10.0 Å². The number of hydrogen-bond acceptors (Lipinski definition) is 5. The lowest BCUT2D eigenvalue weighted by Gasteiger charge is -2.22. The number of anilines is 1. The van der Waals surface area contributed by atoms with Gasteiger partial charge in [-0.1, -0.05) is 12.1 Å². The summed E-state index contributed by atoms with van der Waals surface area (Å²) in [6.07, 6.45) is 0. The summed E-state index contributed by atoms with van der Waals surface area (Å²) in [5.74, 6) is 0. The van der Waals surface area contributed by atoms with Crippen LogP contribution in [0.1, 0.15) is 6.92 Å². The number of nitrogens with one attached hydrogen (secondary N) is 1.